The maximum absolute atomic E-state index is 13.1. The van der Waals surface area contributed by atoms with E-state index in [4.69, 9.17) is 16.3 Å². The van der Waals surface area contributed by atoms with Crippen LogP contribution in [-0.4, -0.2) is 50.3 Å². The van der Waals surface area contributed by atoms with Crippen LogP contribution < -0.4 is 0 Å². The van der Waals surface area contributed by atoms with Gasteiger partial charge in [-0.2, -0.15) is 4.39 Å². The van der Waals surface area contributed by atoms with E-state index in [2.05, 4.69) is 4.98 Å². The third-order valence-corrected chi connectivity index (χ3v) is 6.82. The van der Waals surface area contributed by atoms with E-state index in [9.17, 15) is 24.8 Å². The fourth-order valence-electron chi connectivity index (χ4n) is 3.65. The van der Waals surface area contributed by atoms with Crippen molar-refractivity contribution in [2.45, 2.75) is 50.8 Å². The second kappa shape index (κ2) is 11.0. The van der Waals surface area contributed by atoms with Crippen molar-refractivity contribution in [2.24, 2.45) is 0 Å². The molecule has 33 heavy (non-hydrogen) atoms. The van der Waals surface area contributed by atoms with Crippen molar-refractivity contribution < 1.29 is 29.6 Å². The minimum atomic E-state index is -2.18. The zero-order valence-corrected chi connectivity index (χ0v) is 19.9. The average Bonchev–Trinajstić information content (AvgIpc) is 3.29. The number of benzene rings is 1. The molecule has 4 N–H and O–H groups in total. The van der Waals surface area contributed by atoms with E-state index >= 15 is 0 Å². The van der Waals surface area contributed by atoms with Gasteiger partial charge in [0.25, 0.3) is 0 Å². The van der Waals surface area contributed by atoms with Gasteiger partial charge >= 0.3 is 0 Å². The molecular weight excluding hydrogens is 469 g/mol. The lowest BCUT2D eigenvalue weighted by Crippen LogP contribution is -2.56. The molecule has 9 heteroatoms. The van der Waals surface area contributed by atoms with Gasteiger partial charge in [-0.15, -0.1) is 11.3 Å². The second-order valence-corrected chi connectivity index (χ2v) is 9.06. The highest BCUT2D eigenvalue weighted by atomic mass is 35.5. The number of nitrogens with zero attached hydrogens (tertiary/aromatic N) is 1. The molecule has 3 aromatic rings. The van der Waals surface area contributed by atoms with Crippen LogP contribution in [0.25, 0.3) is 10.4 Å². The van der Waals surface area contributed by atoms with Crippen molar-refractivity contribution >= 4 is 22.9 Å². The smallest absolute Gasteiger partial charge is 0.222 e. The molecule has 1 aromatic carbocycles. The normalized spacial score (nSPS) is 24.8. The molecule has 0 aliphatic carbocycles. The predicted molar refractivity (Wildman–Crippen MR) is 126 cm³/mol. The molecular formula is C24H27ClFNO5S. The number of pyridine rings is 1. The van der Waals surface area contributed by atoms with E-state index < -0.39 is 36.7 Å². The molecule has 1 aliphatic heterocycles. The van der Waals surface area contributed by atoms with Crippen molar-refractivity contribution in [3.63, 3.8) is 0 Å². The van der Waals surface area contributed by atoms with Gasteiger partial charge in [-0.1, -0.05) is 31.5 Å². The molecule has 0 radical (unpaired) electrons. The summed E-state index contributed by atoms with van der Waals surface area (Å²) in [6, 6.07) is 11.5. The SMILES string of the molecule is CC.OC[C@@H]1C[C@H](O)[C@@H](O)[C@](O)(c2ccc(Cl)c(Cc3ccc(-c4ccc(F)nc4)s3)c2)O1. The summed E-state index contributed by atoms with van der Waals surface area (Å²) in [5.41, 5.74) is 1.72. The first-order chi connectivity index (χ1) is 15.8. The van der Waals surface area contributed by atoms with Crippen LogP contribution >= 0.6 is 22.9 Å². The van der Waals surface area contributed by atoms with Gasteiger partial charge in [0.2, 0.25) is 11.7 Å². The van der Waals surface area contributed by atoms with Crippen LogP contribution in [0.1, 0.15) is 36.3 Å². The number of rotatable bonds is 5. The molecule has 1 fully saturated rings. The molecule has 2 aromatic heterocycles. The Bertz CT molecular complexity index is 1060. The highest BCUT2D eigenvalue weighted by Crippen LogP contribution is 2.38. The van der Waals surface area contributed by atoms with Gasteiger partial charge in [0.05, 0.1) is 18.8 Å². The van der Waals surface area contributed by atoms with Crippen molar-refractivity contribution in [3.8, 4) is 10.4 Å². The molecule has 0 spiro atoms. The van der Waals surface area contributed by atoms with Crippen molar-refractivity contribution in [1.82, 2.24) is 4.98 Å². The van der Waals surface area contributed by atoms with Gasteiger partial charge in [-0.3, -0.25) is 0 Å². The van der Waals surface area contributed by atoms with Crippen molar-refractivity contribution in [1.29, 1.82) is 0 Å². The van der Waals surface area contributed by atoms with E-state index in [1.165, 1.54) is 29.7 Å². The molecule has 178 valence electrons. The Balaban J connectivity index is 0.00000149. The lowest BCUT2D eigenvalue weighted by Gasteiger charge is -2.43. The fourth-order valence-corrected chi connectivity index (χ4v) is 4.86. The Kier molecular flexibility index (Phi) is 8.58. The third kappa shape index (κ3) is 5.60. The zero-order valence-electron chi connectivity index (χ0n) is 18.3. The Morgan fingerprint density at radius 2 is 1.94 bits per heavy atom. The van der Waals surface area contributed by atoms with Crippen molar-refractivity contribution in [3.05, 3.63) is 75.6 Å². The summed E-state index contributed by atoms with van der Waals surface area (Å²) >= 11 is 7.87. The van der Waals surface area contributed by atoms with Crippen molar-refractivity contribution in [2.75, 3.05) is 6.61 Å². The van der Waals surface area contributed by atoms with Gasteiger partial charge in [-0.25, -0.2) is 4.98 Å². The minimum Gasteiger partial charge on any atom is -0.394 e. The monoisotopic (exact) mass is 495 g/mol. The maximum atomic E-state index is 13.1. The standard InChI is InChI=1S/C22H21ClFNO5S.C2H6/c23-17-4-2-14(22(29)21(28)18(27)9-15(11-26)30-22)7-13(17)8-16-3-5-19(31-16)12-1-6-20(24)25-10-12;1-2/h1-7,10,15,18,21,26-29H,8-9,11H2;1-2H3/t15-,18-,21+,22-;/m0./s1. The molecule has 0 unspecified atom stereocenters. The first kappa shape index (κ1) is 25.7. The van der Waals surface area contributed by atoms with Gasteiger partial charge in [0.1, 0.15) is 6.10 Å². The average molecular weight is 496 g/mol. The largest absolute Gasteiger partial charge is 0.394 e. The van der Waals surface area contributed by atoms with E-state index in [0.29, 0.717) is 17.0 Å². The Morgan fingerprint density at radius 3 is 2.61 bits per heavy atom. The minimum absolute atomic E-state index is 0.0106. The summed E-state index contributed by atoms with van der Waals surface area (Å²) in [4.78, 5) is 5.58. The van der Waals surface area contributed by atoms with E-state index in [-0.39, 0.29) is 12.0 Å². The summed E-state index contributed by atoms with van der Waals surface area (Å²) in [6.07, 6.45) is -1.71. The Morgan fingerprint density at radius 1 is 1.18 bits per heavy atom. The quantitative estimate of drug-likeness (QED) is 0.401. The van der Waals surface area contributed by atoms with E-state index in [1.54, 1.807) is 18.2 Å². The van der Waals surface area contributed by atoms with Crippen LogP contribution in [-0.2, 0) is 16.9 Å². The second-order valence-electron chi connectivity index (χ2n) is 7.49. The molecule has 0 saturated carbocycles. The summed E-state index contributed by atoms with van der Waals surface area (Å²) in [5, 5.41) is 41.4. The molecule has 1 saturated heterocycles. The number of aliphatic hydroxyl groups is 4. The van der Waals surface area contributed by atoms with Crippen LogP contribution in [0.5, 0.6) is 0 Å². The molecule has 1 aliphatic rings. The van der Waals surface area contributed by atoms with Gasteiger partial charge in [-0.05, 0) is 42.0 Å². The van der Waals surface area contributed by atoms with Crippen LogP contribution in [0, 0.1) is 5.95 Å². The highest BCUT2D eigenvalue weighted by molar-refractivity contribution is 7.15. The summed E-state index contributed by atoms with van der Waals surface area (Å²) < 4.78 is 18.6. The maximum Gasteiger partial charge on any atom is 0.222 e. The lowest BCUT2D eigenvalue weighted by molar-refractivity contribution is -0.334. The number of aliphatic hydroxyl groups excluding tert-OH is 3. The number of hydrogen-bond acceptors (Lipinski definition) is 7. The Labute approximate surface area is 200 Å². The van der Waals surface area contributed by atoms with E-state index in [1.807, 2.05) is 26.0 Å². The number of halogens is 2. The molecule has 3 heterocycles. The number of ether oxygens (including phenoxy) is 1. The first-order valence-corrected chi connectivity index (χ1v) is 11.9. The molecule has 6 nitrogen and oxygen atoms in total. The van der Waals surface area contributed by atoms with Crippen LogP contribution in [0.4, 0.5) is 4.39 Å². The Hall–Kier alpha value is -1.91. The molecule has 4 atom stereocenters. The van der Waals surface area contributed by atoms with Gasteiger partial charge in [0, 0.05) is 44.9 Å². The number of hydrogen-bond donors (Lipinski definition) is 4. The summed E-state index contributed by atoms with van der Waals surface area (Å²) in [5.74, 6) is -2.71. The van der Waals surface area contributed by atoms with Crippen LogP contribution in [0.15, 0.2) is 48.7 Å². The molecule has 0 amide bonds. The zero-order chi connectivity index (χ0) is 24.2. The van der Waals surface area contributed by atoms with E-state index in [0.717, 1.165) is 15.3 Å². The highest BCUT2D eigenvalue weighted by Gasteiger charge is 2.49. The lowest BCUT2D eigenvalue weighted by atomic mass is 9.89. The fraction of sp³-hybridized carbons (Fsp3) is 0.375. The first-order valence-electron chi connectivity index (χ1n) is 10.7. The molecule has 4 rings (SSSR count). The summed E-state index contributed by atoms with van der Waals surface area (Å²) in [7, 11) is 0. The summed E-state index contributed by atoms with van der Waals surface area (Å²) in [6.45, 7) is 3.60. The van der Waals surface area contributed by atoms with Gasteiger partial charge < -0.3 is 25.2 Å². The predicted octanol–water partition coefficient (Wildman–Crippen LogP) is 3.87. The number of thiophene rings is 1. The van der Waals surface area contributed by atoms with Gasteiger partial charge in [0.15, 0.2) is 0 Å². The topological polar surface area (TPSA) is 103 Å². The van der Waals surface area contributed by atoms with Crippen LogP contribution in [0.3, 0.4) is 0 Å². The molecule has 0 bridgehead atoms. The number of aromatic nitrogens is 1. The van der Waals surface area contributed by atoms with Crippen LogP contribution in [0.2, 0.25) is 5.02 Å². The third-order valence-electron chi connectivity index (χ3n) is 5.32.